The molecule has 3 aliphatic rings. The van der Waals surface area contributed by atoms with E-state index < -0.39 is 23.2 Å². The van der Waals surface area contributed by atoms with E-state index in [1.54, 1.807) is 24.7 Å². The number of nitrogens with one attached hydrogen (secondary N) is 1. The topological polar surface area (TPSA) is 71.6 Å². The average Bonchev–Trinajstić information content (AvgIpc) is 3.39. The number of hydrogen-bond acceptors (Lipinski definition) is 5. The Labute approximate surface area is 180 Å². The van der Waals surface area contributed by atoms with Gasteiger partial charge in [0, 0.05) is 41.8 Å². The summed E-state index contributed by atoms with van der Waals surface area (Å²) in [6.07, 6.45) is 4.56. The molecule has 1 aromatic heterocycles. The first-order valence-electron chi connectivity index (χ1n) is 10.7. The molecule has 1 aromatic carbocycles. The first-order valence-corrected chi connectivity index (χ1v) is 10.7. The maximum absolute atomic E-state index is 15.7. The number of carbonyl (C=O) groups excluding carboxylic acids is 1. The van der Waals surface area contributed by atoms with Crippen LogP contribution in [0.3, 0.4) is 0 Å². The second-order valence-electron chi connectivity index (χ2n) is 9.34. The Bertz CT molecular complexity index is 1170. The number of fused-ring (bicyclic) bond motifs is 1. The van der Waals surface area contributed by atoms with Crippen LogP contribution in [-0.2, 0) is 17.3 Å². The number of alkyl halides is 1. The highest BCUT2D eigenvalue weighted by atomic mass is 19.1. The molecule has 0 amide bonds. The zero-order valence-electron chi connectivity index (χ0n) is 18.2. The minimum atomic E-state index is -1.27. The third-order valence-electron chi connectivity index (χ3n) is 6.91. The number of halogens is 1. The quantitative estimate of drug-likeness (QED) is 0.790. The van der Waals surface area contributed by atoms with Gasteiger partial charge in [0.2, 0.25) is 0 Å². The molecule has 0 saturated carbocycles. The summed E-state index contributed by atoms with van der Waals surface area (Å²) >= 11 is 0. The van der Waals surface area contributed by atoms with Crippen molar-refractivity contribution in [2.24, 2.45) is 22.7 Å². The molecule has 0 radical (unpaired) electrons. The molecule has 1 aliphatic carbocycles. The monoisotopic (exact) mass is 419 g/mol. The van der Waals surface area contributed by atoms with Gasteiger partial charge in [-0.1, -0.05) is 39.0 Å². The van der Waals surface area contributed by atoms with E-state index in [4.69, 9.17) is 0 Å². The van der Waals surface area contributed by atoms with Gasteiger partial charge in [-0.15, -0.1) is 0 Å². The molecule has 0 fully saturated rings. The SMILES string of the molecule is CC[C@@]1(c2cccc(-c3cnn(C)c3)c2)C2=CN=NC2NC2=C1C(=O)CC(C)(C)[C@@H]2F. The van der Waals surface area contributed by atoms with Crippen molar-refractivity contribution in [1.82, 2.24) is 15.1 Å². The van der Waals surface area contributed by atoms with E-state index in [9.17, 15) is 4.79 Å². The number of aromatic nitrogens is 2. The van der Waals surface area contributed by atoms with Crippen LogP contribution in [0.4, 0.5) is 4.39 Å². The molecule has 0 bridgehead atoms. The number of benzene rings is 1. The van der Waals surface area contributed by atoms with Gasteiger partial charge in [-0.05, 0) is 23.6 Å². The summed E-state index contributed by atoms with van der Waals surface area (Å²) in [7, 11) is 1.88. The molecular formula is C24H26FN5O. The molecule has 0 spiro atoms. The first kappa shape index (κ1) is 19.8. The fourth-order valence-electron chi connectivity index (χ4n) is 5.34. The van der Waals surface area contributed by atoms with E-state index in [2.05, 4.69) is 26.7 Å². The molecule has 6 nitrogen and oxygen atoms in total. The Morgan fingerprint density at radius 3 is 2.81 bits per heavy atom. The van der Waals surface area contributed by atoms with Crippen LogP contribution < -0.4 is 5.32 Å². The minimum Gasteiger partial charge on any atom is -0.359 e. The Hall–Kier alpha value is -3.09. The number of allylic oxidation sites excluding steroid dienone is 2. The van der Waals surface area contributed by atoms with E-state index >= 15 is 4.39 Å². The third-order valence-corrected chi connectivity index (χ3v) is 6.91. The zero-order chi connectivity index (χ0) is 22.0. The highest BCUT2D eigenvalue weighted by Gasteiger charge is 2.56. The van der Waals surface area contributed by atoms with Crippen LogP contribution in [0, 0.1) is 5.41 Å². The van der Waals surface area contributed by atoms with Crippen molar-refractivity contribution in [3.05, 3.63) is 65.3 Å². The smallest absolute Gasteiger partial charge is 0.164 e. The summed E-state index contributed by atoms with van der Waals surface area (Å²) in [5.41, 5.74) is 3.21. The summed E-state index contributed by atoms with van der Waals surface area (Å²) in [5.74, 6) is -0.0127. The van der Waals surface area contributed by atoms with Gasteiger partial charge in [0.25, 0.3) is 0 Å². The van der Waals surface area contributed by atoms with Crippen LogP contribution in [0.1, 0.15) is 39.2 Å². The number of rotatable bonds is 3. The van der Waals surface area contributed by atoms with Gasteiger partial charge >= 0.3 is 0 Å². The molecule has 31 heavy (non-hydrogen) atoms. The van der Waals surface area contributed by atoms with E-state index in [1.165, 1.54) is 0 Å². The molecule has 7 heteroatoms. The van der Waals surface area contributed by atoms with Crippen molar-refractivity contribution in [3.63, 3.8) is 0 Å². The number of Topliss-reactive ketones (excluding diaryl/α,β-unsaturated/α-hetero) is 1. The molecular weight excluding hydrogens is 393 g/mol. The van der Waals surface area contributed by atoms with Gasteiger partial charge in [-0.25, -0.2) is 4.39 Å². The molecule has 1 N–H and O–H groups in total. The number of ketones is 1. The van der Waals surface area contributed by atoms with E-state index in [1.807, 2.05) is 44.6 Å². The molecule has 1 unspecified atom stereocenters. The summed E-state index contributed by atoms with van der Waals surface area (Å²) in [5, 5.41) is 15.9. The third kappa shape index (κ3) is 2.75. The lowest BCUT2D eigenvalue weighted by molar-refractivity contribution is -0.120. The fourth-order valence-corrected chi connectivity index (χ4v) is 5.34. The summed E-state index contributed by atoms with van der Waals surface area (Å²) in [4.78, 5) is 13.5. The Kier molecular flexibility index (Phi) is 4.29. The van der Waals surface area contributed by atoms with Crippen LogP contribution in [-0.4, -0.2) is 27.9 Å². The van der Waals surface area contributed by atoms with Crippen LogP contribution in [0.15, 0.2) is 69.9 Å². The first-order chi connectivity index (χ1) is 14.8. The van der Waals surface area contributed by atoms with E-state index in [-0.39, 0.29) is 12.2 Å². The zero-order valence-corrected chi connectivity index (χ0v) is 18.2. The van der Waals surface area contributed by atoms with Crippen LogP contribution >= 0.6 is 0 Å². The van der Waals surface area contributed by atoms with Crippen LogP contribution in [0.5, 0.6) is 0 Å². The maximum atomic E-state index is 15.7. The number of aryl methyl sites for hydroxylation is 1. The highest BCUT2D eigenvalue weighted by molar-refractivity contribution is 6.02. The van der Waals surface area contributed by atoms with Crippen LogP contribution in [0.25, 0.3) is 11.1 Å². The standard InChI is InChI=1S/C24H26FN5O/c1-5-24(16-8-6-7-14(9-16)15-11-27-30(4)13-15)17-12-26-29-22(17)28-20-19(24)18(31)10-23(2,3)21(20)25/h6-9,11-13,21-22,28H,5,10H2,1-4H3/t21-,22?,24-/m1/s1. The molecule has 2 aliphatic heterocycles. The van der Waals surface area contributed by atoms with E-state index in [0.29, 0.717) is 17.7 Å². The second kappa shape index (κ2) is 6.70. The highest BCUT2D eigenvalue weighted by Crippen LogP contribution is 2.54. The summed E-state index contributed by atoms with van der Waals surface area (Å²) < 4.78 is 17.5. The van der Waals surface area contributed by atoms with Gasteiger partial charge in [-0.3, -0.25) is 9.48 Å². The van der Waals surface area contributed by atoms with Crippen LogP contribution in [0.2, 0.25) is 0 Å². The Balaban J connectivity index is 1.76. The predicted octanol–water partition coefficient (Wildman–Crippen LogP) is 4.61. The molecule has 2 aromatic rings. The van der Waals surface area contributed by atoms with Gasteiger partial charge in [-0.2, -0.15) is 15.3 Å². The van der Waals surface area contributed by atoms with E-state index in [0.717, 1.165) is 22.3 Å². The lowest BCUT2D eigenvalue weighted by Gasteiger charge is -2.49. The minimum absolute atomic E-state index is 0.0127. The molecule has 3 heterocycles. The largest absolute Gasteiger partial charge is 0.359 e. The molecule has 0 saturated heterocycles. The van der Waals surface area contributed by atoms with Gasteiger partial charge in [0.15, 0.2) is 11.9 Å². The van der Waals surface area contributed by atoms with Crippen molar-refractivity contribution in [1.29, 1.82) is 0 Å². The molecule has 160 valence electrons. The summed E-state index contributed by atoms with van der Waals surface area (Å²) in [6, 6.07) is 8.13. The van der Waals surface area contributed by atoms with Gasteiger partial charge in [0.05, 0.1) is 23.5 Å². The summed E-state index contributed by atoms with van der Waals surface area (Å²) in [6.45, 7) is 5.65. The normalized spacial score (nSPS) is 28.8. The number of azo groups is 1. The van der Waals surface area contributed by atoms with Crippen molar-refractivity contribution in [2.45, 2.75) is 51.4 Å². The van der Waals surface area contributed by atoms with Gasteiger partial charge < -0.3 is 5.32 Å². The van der Waals surface area contributed by atoms with Crippen molar-refractivity contribution < 1.29 is 9.18 Å². The fraction of sp³-hybridized carbons (Fsp3) is 0.417. The lowest BCUT2D eigenvalue weighted by atomic mass is 9.58. The Morgan fingerprint density at radius 2 is 2.10 bits per heavy atom. The second-order valence-corrected chi connectivity index (χ2v) is 9.34. The number of nitrogens with zero attached hydrogens (tertiary/aromatic N) is 4. The van der Waals surface area contributed by atoms with Crippen molar-refractivity contribution >= 4 is 5.78 Å². The molecule has 3 atom stereocenters. The Morgan fingerprint density at radius 1 is 1.29 bits per heavy atom. The number of hydrogen-bond donors (Lipinski definition) is 1. The van der Waals surface area contributed by atoms with Crippen molar-refractivity contribution in [3.8, 4) is 11.1 Å². The number of carbonyl (C=O) groups is 1. The van der Waals surface area contributed by atoms with Crippen molar-refractivity contribution in [2.75, 3.05) is 0 Å². The maximum Gasteiger partial charge on any atom is 0.164 e. The molecule has 5 rings (SSSR count). The lowest BCUT2D eigenvalue weighted by Crippen LogP contribution is -2.55. The average molecular weight is 420 g/mol. The predicted molar refractivity (Wildman–Crippen MR) is 116 cm³/mol. The van der Waals surface area contributed by atoms with Gasteiger partial charge in [0.1, 0.15) is 6.17 Å².